The number of hydrogen-bond acceptors (Lipinski definition) is 3. The van der Waals surface area contributed by atoms with E-state index in [1.165, 1.54) is 37.6 Å². The lowest BCUT2D eigenvalue weighted by molar-refractivity contribution is 0.322. The van der Waals surface area contributed by atoms with Crippen LogP contribution < -0.4 is 4.74 Å². The molecule has 0 saturated heterocycles. The van der Waals surface area contributed by atoms with Crippen LogP contribution >= 0.6 is 0 Å². The highest BCUT2D eigenvalue weighted by Crippen LogP contribution is 2.28. The number of aromatic amines is 1. The van der Waals surface area contributed by atoms with Crippen molar-refractivity contribution in [3.63, 3.8) is 0 Å². The topological polar surface area (TPSA) is 55.7 Å². The van der Waals surface area contributed by atoms with E-state index in [-0.39, 0.29) is 0 Å². The fourth-order valence-corrected chi connectivity index (χ4v) is 3.57. The highest BCUT2D eigenvalue weighted by Gasteiger charge is 2.15. The van der Waals surface area contributed by atoms with E-state index in [0.717, 1.165) is 29.2 Å². The summed E-state index contributed by atoms with van der Waals surface area (Å²) in [5, 5.41) is 7.15. The molecule has 23 heavy (non-hydrogen) atoms. The Morgan fingerprint density at radius 2 is 2.09 bits per heavy atom. The van der Waals surface area contributed by atoms with Crippen molar-refractivity contribution in [1.29, 1.82) is 0 Å². The second kappa shape index (κ2) is 6.07. The first kappa shape index (κ1) is 14.3. The summed E-state index contributed by atoms with van der Waals surface area (Å²) < 4.78 is 7.46. The Morgan fingerprint density at radius 1 is 1.22 bits per heavy atom. The molecule has 5 heteroatoms. The molecule has 3 aromatic rings. The first-order valence-electron chi connectivity index (χ1n) is 8.38. The quantitative estimate of drug-likeness (QED) is 0.792. The van der Waals surface area contributed by atoms with Crippen LogP contribution in [0.15, 0.2) is 30.6 Å². The number of imidazole rings is 1. The van der Waals surface area contributed by atoms with Gasteiger partial charge in [0, 0.05) is 18.2 Å². The fourth-order valence-electron chi connectivity index (χ4n) is 3.57. The van der Waals surface area contributed by atoms with Gasteiger partial charge < -0.3 is 9.30 Å². The largest absolute Gasteiger partial charge is 0.480 e. The number of rotatable bonds is 4. The summed E-state index contributed by atoms with van der Waals surface area (Å²) in [4.78, 5) is 4.55. The van der Waals surface area contributed by atoms with Crippen LogP contribution in [0, 0.1) is 5.92 Å². The summed E-state index contributed by atoms with van der Waals surface area (Å²) in [7, 11) is 1.63. The second-order valence-electron chi connectivity index (χ2n) is 6.43. The molecule has 2 heterocycles. The van der Waals surface area contributed by atoms with Gasteiger partial charge in [-0.15, -0.1) is 5.10 Å². The molecular weight excluding hydrogens is 288 g/mol. The molecule has 4 rings (SSSR count). The Kier molecular flexibility index (Phi) is 3.77. The Balaban J connectivity index is 1.65. The zero-order chi connectivity index (χ0) is 15.6. The van der Waals surface area contributed by atoms with Crippen LogP contribution in [0.2, 0.25) is 0 Å². The van der Waals surface area contributed by atoms with E-state index in [2.05, 4.69) is 37.9 Å². The molecule has 0 amide bonds. The van der Waals surface area contributed by atoms with Gasteiger partial charge in [0.2, 0.25) is 5.88 Å². The third-order valence-electron chi connectivity index (χ3n) is 4.88. The zero-order valence-corrected chi connectivity index (χ0v) is 13.5. The lowest BCUT2D eigenvalue weighted by Crippen LogP contribution is -2.13. The number of benzene rings is 1. The Labute approximate surface area is 135 Å². The lowest BCUT2D eigenvalue weighted by atomic mass is 9.89. The van der Waals surface area contributed by atoms with E-state index in [1.807, 2.05) is 12.4 Å². The molecule has 120 valence electrons. The standard InChI is InChI=1S/C18H22N4O/c1-23-18-10-16(20-21-18)14-7-8-15-17(9-14)22(12-19-15)11-13-5-3-2-4-6-13/h7-10,12-13H,2-6,11H2,1H3,(H,20,21). The molecule has 5 nitrogen and oxygen atoms in total. The van der Waals surface area contributed by atoms with E-state index >= 15 is 0 Å². The second-order valence-corrected chi connectivity index (χ2v) is 6.43. The molecule has 1 aliphatic carbocycles. The van der Waals surface area contributed by atoms with Gasteiger partial charge in [-0.3, -0.25) is 5.10 Å². The monoisotopic (exact) mass is 310 g/mol. The summed E-state index contributed by atoms with van der Waals surface area (Å²) in [5.41, 5.74) is 4.32. The third-order valence-corrected chi connectivity index (χ3v) is 4.88. The molecule has 0 bridgehead atoms. The summed E-state index contributed by atoms with van der Waals surface area (Å²) >= 11 is 0. The van der Waals surface area contributed by atoms with Crippen molar-refractivity contribution < 1.29 is 4.74 Å². The van der Waals surface area contributed by atoms with Gasteiger partial charge in [0.25, 0.3) is 0 Å². The van der Waals surface area contributed by atoms with Crippen LogP contribution in [0.3, 0.4) is 0 Å². The van der Waals surface area contributed by atoms with Crippen molar-refractivity contribution in [2.24, 2.45) is 5.92 Å². The van der Waals surface area contributed by atoms with Gasteiger partial charge in [-0.1, -0.05) is 25.3 Å². The number of fused-ring (bicyclic) bond motifs is 1. The van der Waals surface area contributed by atoms with E-state index in [0.29, 0.717) is 5.88 Å². The van der Waals surface area contributed by atoms with Crippen LogP contribution in [0.25, 0.3) is 22.3 Å². The first-order valence-corrected chi connectivity index (χ1v) is 8.38. The molecule has 0 atom stereocenters. The number of ether oxygens (including phenoxy) is 1. The molecule has 1 aromatic carbocycles. The summed E-state index contributed by atoms with van der Waals surface area (Å²) in [6.07, 6.45) is 8.81. The van der Waals surface area contributed by atoms with Crippen LogP contribution in [0.5, 0.6) is 5.88 Å². The Morgan fingerprint density at radius 3 is 2.87 bits per heavy atom. The molecule has 0 spiro atoms. The average molecular weight is 310 g/mol. The lowest BCUT2D eigenvalue weighted by Gasteiger charge is -2.22. The number of aromatic nitrogens is 4. The van der Waals surface area contributed by atoms with E-state index in [4.69, 9.17) is 4.74 Å². The number of nitrogens with zero attached hydrogens (tertiary/aromatic N) is 3. The predicted molar refractivity (Wildman–Crippen MR) is 90.4 cm³/mol. The number of hydrogen-bond donors (Lipinski definition) is 1. The van der Waals surface area contributed by atoms with Gasteiger partial charge in [0.1, 0.15) is 0 Å². The normalized spacial score (nSPS) is 16.0. The van der Waals surface area contributed by atoms with Gasteiger partial charge in [-0.2, -0.15) is 0 Å². The minimum atomic E-state index is 0.607. The van der Waals surface area contributed by atoms with E-state index in [9.17, 15) is 0 Å². The van der Waals surface area contributed by atoms with Gasteiger partial charge in [-0.05, 0) is 30.9 Å². The predicted octanol–water partition coefficient (Wildman–Crippen LogP) is 4.02. The summed E-state index contributed by atoms with van der Waals surface area (Å²) in [6, 6.07) is 8.27. The van der Waals surface area contributed by atoms with Crippen molar-refractivity contribution in [3.8, 4) is 17.1 Å². The van der Waals surface area contributed by atoms with Crippen LogP contribution in [0.4, 0.5) is 0 Å². The summed E-state index contributed by atoms with van der Waals surface area (Å²) in [5.74, 6) is 1.40. The van der Waals surface area contributed by atoms with Crippen molar-refractivity contribution in [2.75, 3.05) is 7.11 Å². The number of methoxy groups -OCH3 is 1. The summed E-state index contributed by atoms with van der Waals surface area (Å²) in [6.45, 7) is 1.08. The molecule has 1 aliphatic rings. The Hall–Kier alpha value is -2.30. The minimum absolute atomic E-state index is 0.607. The molecule has 1 fully saturated rings. The SMILES string of the molecule is COc1cc(-c2ccc3ncn(CC4CCCCC4)c3c2)[nH]n1. The highest BCUT2D eigenvalue weighted by molar-refractivity contribution is 5.81. The smallest absolute Gasteiger partial charge is 0.232 e. The first-order chi connectivity index (χ1) is 11.3. The highest BCUT2D eigenvalue weighted by atomic mass is 16.5. The molecule has 0 aliphatic heterocycles. The van der Waals surface area contributed by atoms with Crippen molar-refractivity contribution >= 4 is 11.0 Å². The number of nitrogens with one attached hydrogen (secondary N) is 1. The maximum atomic E-state index is 5.15. The third kappa shape index (κ3) is 2.83. The molecule has 1 N–H and O–H groups in total. The van der Waals surface area contributed by atoms with Crippen molar-refractivity contribution in [1.82, 2.24) is 19.7 Å². The molecule has 1 saturated carbocycles. The van der Waals surface area contributed by atoms with Crippen LogP contribution in [-0.4, -0.2) is 26.9 Å². The Bertz CT molecular complexity index is 798. The van der Waals surface area contributed by atoms with Crippen LogP contribution in [-0.2, 0) is 6.54 Å². The van der Waals surface area contributed by atoms with Gasteiger partial charge in [0.15, 0.2) is 0 Å². The average Bonchev–Trinajstić information content (AvgIpc) is 3.23. The van der Waals surface area contributed by atoms with Crippen molar-refractivity contribution in [2.45, 2.75) is 38.6 Å². The van der Waals surface area contributed by atoms with Gasteiger partial charge in [0.05, 0.1) is 30.2 Å². The molecule has 2 aromatic heterocycles. The maximum absolute atomic E-state index is 5.15. The van der Waals surface area contributed by atoms with Crippen molar-refractivity contribution in [3.05, 3.63) is 30.6 Å². The number of H-pyrrole nitrogens is 1. The molecular formula is C18H22N4O. The van der Waals surface area contributed by atoms with Crippen LogP contribution in [0.1, 0.15) is 32.1 Å². The van der Waals surface area contributed by atoms with Gasteiger partial charge >= 0.3 is 0 Å². The maximum Gasteiger partial charge on any atom is 0.232 e. The van der Waals surface area contributed by atoms with Gasteiger partial charge in [-0.25, -0.2) is 4.98 Å². The molecule has 0 radical (unpaired) electrons. The fraction of sp³-hybridized carbons (Fsp3) is 0.444. The minimum Gasteiger partial charge on any atom is -0.480 e. The zero-order valence-electron chi connectivity index (χ0n) is 13.5. The molecule has 0 unspecified atom stereocenters. The van der Waals surface area contributed by atoms with E-state index < -0.39 is 0 Å². The van der Waals surface area contributed by atoms with E-state index in [1.54, 1.807) is 7.11 Å².